The fourth-order valence-corrected chi connectivity index (χ4v) is 3.85. The Bertz CT molecular complexity index is 1100. The summed E-state index contributed by atoms with van der Waals surface area (Å²) in [7, 11) is 0. The first-order valence-corrected chi connectivity index (χ1v) is 10.5. The maximum atomic E-state index is 13.1. The number of hydrogen-bond acceptors (Lipinski definition) is 6. The van der Waals surface area contributed by atoms with Crippen LogP contribution in [0.4, 0.5) is 0 Å². The molecule has 0 saturated carbocycles. The Kier molecular flexibility index (Phi) is 6.11. The number of hydrogen-bond donors (Lipinski definition) is 1. The van der Waals surface area contributed by atoms with Gasteiger partial charge >= 0.3 is 0 Å². The molecular weight excluding hydrogens is 410 g/mol. The van der Waals surface area contributed by atoms with E-state index in [0.29, 0.717) is 30.8 Å². The molecule has 0 saturated heterocycles. The minimum Gasteiger partial charge on any atom is -0.503 e. The first kappa shape index (κ1) is 21.4. The zero-order valence-corrected chi connectivity index (χ0v) is 18.0. The third-order valence-corrected chi connectivity index (χ3v) is 5.24. The highest BCUT2D eigenvalue weighted by atomic mass is 16.5. The van der Waals surface area contributed by atoms with Crippen molar-refractivity contribution >= 4 is 11.7 Å². The zero-order valence-electron chi connectivity index (χ0n) is 18.0. The number of carbonyl (C=O) groups excluding carboxylic acids is 2. The Morgan fingerprint density at radius 1 is 1.22 bits per heavy atom. The highest BCUT2D eigenvalue weighted by Gasteiger charge is 2.44. The van der Waals surface area contributed by atoms with Crippen LogP contribution in [0.25, 0.3) is 0 Å². The smallest absolute Gasteiger partial charge is 0.290 e. The summed E-state index contributed by atoms with van der Waals surface area (Å²) in [5.41, 5.74) is 0.723. The number of furan rings is 1. The van der Waals surface area contributed by atoms with E-state index in [0.717, 1.165) is 0 Å². The van der Waals surface area contributed by atoms with Gasteiger partial charge in [-0.25, -0.2) is 4.98 Å². The van der Waals surface area contributed by atoms with Crippen LogP contribution in [0.3, 0.4) is 0 Å². The summed E-state index contributed by atoms with van der Waals surface area (Å²) in [4.78, 5) is 31.7. The SMILES string of the molecule is CC(C)Oc1ccc([C@H]2C(C(=O)c3ccco3)=C(O)C(=O)N2CCCn2ccnc2)cc1. The van der Waals surface area contributed by atoms with E-state index in [4.69, 9.17) is 9.15 Å². The number of amides is 1. The summed E-state index contributed by atoms with van der Waals surface area (Å²) in [6, 6.07) is 9.61. The molecule has 1 aliphatic rings. The molecule has 0 aliphatic carbocycles. The van der Waals surface area contributed by atoms with Gasteiger partial charge < -0.3 is 23.7 Å². The van der Waals surface area contributed by atoms with Crippen molar-refractivity contribution in [2.45, 2.75) is 39.0 Å². The van der Waals surface area contributed by atoms with Crippen LogP contribution in [0.2, 0.25) is 0 Å². The van der Waals surface area contributed by atoms with Gasteiger partial charge in [0.25, 0.3) is 5.91 Å². The average molecular weight is 435 g/mol. The van der Waals surface area contributed by atoms with Crippen LogP contribution in [0.1, 0.15) is 42.4 Å². The topological polar surface area (TPSA) is 97.8 Å². The van der Waals surface area contributed by atoms with Crippen LogP contribution in [0.15, 0.2) is 77.1 Å². The van der Waals surface area contributed by atoms with Gasteiger partial charge in [-0.1, -0.05) is 12.1 Å². The highest BCUT2D eigenvalue weighted by molar-refractivity contribution is 6.15. The summed E-state index contributed by atoms with van der Waals surface area (Å²) in [5, 5.41) is 10.7. The summed E-state index contributed by atoms with van der Waals surface area (Å²) in [6.45, 7) is 4.88. The number of ether oxygens (including phenoxy) is 1. The zero-order chi connectivity index (χ0) is 22.7. The lowest BCUT2D eigenvalue weighted by Gasteiger charge is -2.27. The molecule has 1 atom stereocenters. The number of aryl methyl sites for hydroxylation is 1. The lowest BCUT2D eigenvalue weighted by molar-refractivity contribution is -0.129. The van der Waals surface area contributed by atoms with Crippen molar-refractivity contribution < 1.29 is 23.8 Å². The molecule has 0 bridgehead atoms. The van der Waals surface area contributed by atoms with Gasteiger partial charge in [-0.15, -0.1) is 0 Å². The molecule has 0 radical (unpaired) electrons. The number of aliphatic hydroxyl groups excluding tert-OH is 1. The van der Waals surface area contributed by atoms with E-state index in [9.17, 15) is 14.7 Å². The van der Waals surface area contributed by atoms with E-state index in [1.165, 1.54) is 17.2 Å². The molecule has 0 fully saturated rings. The van der Waals surface area contributed by atoms with E-state index in [2.05, 4.69) is 4.98 Å². The molecular formula is C24H25N3O5. The molecule has 1 amide bonds. The van der Waals surface area contributed by atoms with E-state index in [-0.39, 0.29) is 17.4 Å². The number of nitrogens with zero attached hydrogens (tertiary/aromatic N) is 3. The van der Waals surface area contributed by atoms with Gasteiger partial charge in [-0.2, -0.15) is 0 Å². The number of carbonyl (C=O) groups is 2. The normalized spacial score (nSPS) is 16.3. The van der Waals surface area contributed by atoms with Gasteiger partial charge in [0.15, 0.2) is 11.5 Å². The number of imidazole rings is 1. The van der Waals surface area contributed by atoms with E-state index < -0.39 is 23.5 Å². The molecule has 2 aromatic heterocycles. The molecule has 1 aromatic carbocycles. The van der Waals surface area contributed by atoms with Crippen molar-refractivity contribution in [2.24, 2.45) is 0 Å². The van der Waals surface area contributed by atoms with E-state index in [1.807, 2.05) is 36.7 Å². The van der Waals surface area contributed by atoms with Gasteiger partial charge in [-0.05, 0) is 50.1 Å². The molecule has 3 heterocycles. The van der Waals surface area contributed by atoms with Crippen LogP contribution in [0, 0.1) is 0 Å². The quantitative estimate of drug-likeness (QED) is 0.512. The van der Waals surface area contributed by atoms with Crippen molar-refractivity contribution in [3.8, 4) is 5.75 Å². The molecule has 1 aliphatic heterocycles. The number of ketones is 1. The van der Waals surface area contributed by atoms with Crippen LogP contribution < -0.4 is 4.74 Å². The summed E-state index contributed by atoms with van der Waals surface area (Å²) in [6.07, 6.45) is 7.28. The van der Waals surface area contributed by atoms with Crippen LogP contribution >= 0.6 is 0 Å². The largest absolute Gasteiger partial charge is 0.503 e. The van der Waals surface area contributed by atoms with Crippen LogP contribution in [-0.2, 0) is 11.3 Å². The molecule has 1 N–H and O–H groups in total. The molecule has 3 aromatic rings. The molecule has 0 unspecified atom stereocenters. The first-order chi connectivity index (χ1) is 15.5. The molecule has 0 spiro atoms. The Hall–Kier alpha value is -3.81. The Balaban J connectivity index is 1.64. The summed E-state index contributed by atoms with van der Waals surface area (Å²) >= 11 is 0. The number of benzene rings is 1. The third-order valence-electron chi connectivity index (χ3n) is 5.24. The summed E-state index contributed by atoms with van der Waals surface area (Å²) in [5.74, 6) is -0.860. The van der Waals surface area contributed by atoms with E-state index >= 15 is 0 Å². The van der Waals surface area contributed by atoms with Crippen LogP contribution in [0.5, 0.6) is 5.75 Å². The van der Waals surface area contributed by atoms with Crippen molar-refractivity contribution in [1.29, 1.82) is 0 Å². The average Bonchev–Trinajstić information content (AvgIpc) is 3.52. The third kappa shape index (κ3) is 4.30. The van der Waals surface area contributed by atoms with Crippen molar-refractivity contribution in [1.82, 2.24) is 14.5 Å². The second-order valence-electron chi connectivity index (χ2n) is 7.86. The molecule has 32 heavy (non-hydrogen) atoms. The summed E-state index contributed by atoms with van der Waals surface area (Å²) < 4.78 is 12.9. The maximum Gasteiger partial charge on any atom is 0.290 e. The van der Waals surface area contributed by atoms with Gasteiger partial charge in [0.05, 0.1) is 30.3 Å². The van der Waals surface area contributed by atoms with Crippen LogP contribution in [-0.4, -0.2) is 43.9 Å². The first-order valence-electron chi connectivity index (χ1n) is 10.5. The second-order valence-corrected chi connectivity index (χ2v) is 7.86. The standard InChI is InChI=1S/C24H25N3O5/c1-16(2)32-18-8-6-17(7-9-18)21-20(22(28)19-5-3-14-31-19)23(29)24(30)27(21)12-4-11-26-13-10-25-15-26/h3,5-10,13-16,21,29H,4,11-12H2,1-2H3/t21-/m0/s1. The maximum absolute atomic E-state index is 13.1. The fourth-order valence-electron chi connectivity index (χ4n) is 3.85. The Morgan fingerprint density at radius 2 is 2.00 bits per heavy atom. The highest BCUT2D eigenvalue weighted by Crippen LogP contribution is 2.39. The second kappa shape index (κ2) is 9.13. The van der Waals surface area contributed by atoms with Gasteiger partial charge in [0.1, 0.15) is 5.75 Å². The predicted molar refractivity (Wildman–Crippen MR) is 116 cm³/mol. The lowest BCUT2D eigenvalue weighted by atomic mass is 9.95. The monoisotopic (exact) mass is 435 g/mol. The number of aliphatic hydroxyl groups is 1. The number of Topliss-reactive ketones (excluding diaryl/α,β-unsaturated/α-hetero) is 1. The van der Waals surface area contributed by atoms with Crippen molar-refractivity contribution in [3.05, 3.63) is 84.0 Å². The minimum atomic E-state index is -0.726. The predicted octanol–water partition coefficient (Wildman–Crippen LogP) is 3.93. The lowest BCUT2D eigenvalue weighted by Crippen LogP contribution is -2.32. The molecule has 8 nitrogen and oxygen atoms in total. The molecule has 4 rings (SSSR count). The Labute approximate surface area is 185 Å². The van der Waals surface area contributed by atoms with Crippen molar-refractivity contribution in [2.75, 3.05) is 6.54 Å². The minimum absolute atomic E-state index is 0.0186. The van der Waals surface area contributed by atoms with Gasteiger partial charge in [0.2, 0.25) is 5.78 Å². The van der Waals surface area contributed by atoms with E-state index in [1.54, 1.807) is 30.7 Å². The molecule has 8 heteroatoms. The fraction of sp³-hybridized carbons (Fsp3) is 0.292. The Morgan fingerprint density at radius 3 is 2.62 bits per heavy atom. The van der Waals surface area contributed by atoms with Gasteiger partial charge in [-0.3, -0.25) is 9.59 Å². The van der Waals surface area contributed by atoms with Crippen molar-refractivity contribution in [3.63, 3.8) is 0 Å². The number of aromatic nitrogens is 2. The molecule has 166 valence electrons. The number of rotatable bonds is 9. The van der Waals surface area contributed by atoms with Gasteiger partial charge in [0, 0.05) is 25.5 Å².